The topological polar surface area (TPSA) is 108 Å². The number of fused-ring (bicyclic) bond motifs is 1. The zero-order valence-corrected chi connectivity index (χ0v) is 17.3. The predicted molar refractivity (Wildman–Crippen MR) is 114 cm³/mol. The molecule has 0 aromatic heterocycles. The smallest absolute Gasteiger partial charge is 0.414 e. The molecular formula is C21H20N4O5S. The van der Waals surface area contributed by atoms with Gasteiger partial charge in [-0.05, 0) is 43.2 Å². The maximum atomic E-state index is 13.1. The van der Waals surface area contributed by atoms with Crippen LogP contribution >= 0.6 is 0 Å². The fourth-order valence-corrected chi connectivity index (χ4v) is 5.41. The van der Waals surface area contributed by atoms with Gasteiger partial charge in [-0.2, -0.15) is 8.42 Å². The summed E-state index contributed by atoms with van der Waals surface area (Å²) in [5, 5.41) is 2.90. The van der Waals surface area contributed by atoms with E-state index in [0.29, 0.717) is 48.9 Å². The largest absolute Gasteiger partial charge is 0.447 e. The van der Waals surface area contributed by atoms with Gasteiger partial charge in [0, 0.05) is 23.5 Å². The third-order valence-corrected chi connectivity index (χ3v) is 6.95. The molecule has 31 heavy (non-hydrogen) atoms. The molecule has 2 fully saturated rings. The monoisotopic (exact) mass is 440 g/mol. The molecule has 0 saturated carbocycles. The molecule has 2 aromatic carbocycles. The van der Waals surface area contributed by atoms with E-state index in [1.54, 1.807) is 47.4 Å². The van der Waals surface area contributed by atoms with Crippen LogP contribution < -0.4 is 10.2 Å². The maximum Gasteiger partial charge on any atom is 0.414 e. The molecule has 2 saturated heterocycles. The fourth-order valence-electron chi connectivity index (χ4n) is 4.19. The number of ether oxygens (including phenoxy) is 1. The first kappa shape index (κ1) is 19.6. The van der Waals surface area contributed by atoms with Gasteiger partial charge < -0.3 is 15.0 Å². The van der Waals surface area contributed by atoms with E-state index < -0.39 is 22.2 Å². The molecule has 3 aliphatic heterocycles. The number of hydrogen-bond acceptors (Lipinski definition) is 6. The second-order valence-electron chi connectivity index (χ2n) is 7.54. The van der Waals surface area contributed by atoms with Crippen molar-refractivity contribution in [1.29, 1.82) is 0 Å². The third-order valence-electron chi connectivity index (χ3n) is 5.63. The molecule has 3 heterocycles. The summed E-state index contributed by atoms with van der Waals surface area (Å²) in [6.45, 7) is 1.33. The van der Waals surface area contributed by atoms with Crippen molar-refractivity contribution in [3.8, 4) is 0 Å². The Morgan fingerprint density at radius 1 is 1.13 bits per heavy atom. The summed E-state index contributed by atoms with van der Waals surface area (Å²) in [5.41, 5.74) is 1.72. The summed E-state index contributed by atoms with van der Waals surface area (Å²) in [7, 11) is -3.76. The van der Waals surface area contributed by atoms with E-state index in [4.69, 9.17) is 4.74 Å². The van der Waals surface area contributed by atoms with Crippen LogP contribution in [0.4, 0.5) is 16.2 Å². The van der Waals surface area contributed by atoms with E-state index >= 15 is 0 Å². The number of hydrogen-bond donors (Lipinski definition) is 1. The van der Waals surface area contributed by atoms with Crippen LogP contribution in [-0.2, 0) is 19.6 Å². The molecule has 3 aliphatic rings. The Hall–Kier alpha value is -3.40. The summed E-state index contributed by atoms with van der Waals surface area (Å²) in [5.74, 6) is 0.0740. The summed E-state index contributed by atoms with van der Waals surface area (Å²) >= 11 is 0. The van der Waals surface area contributed by atoms with Gasteiger partial charge in [0.25, 0.3) is 10.0 Å². The molecule has 2 amide bonds. The van der Waals surface area contributed by atoms with Gasteiger partial charge >= 0.3 is 6.09 Å². The highest BCUT2D eigenvalue weighted by Crippen LogP contribution is 2.31. The number of carbonyl (C=O) groups is 2. The summed E-state index contributed by atoms with van der Waals surface area (Å²) in [6.07, 6.45) is 0.925. The van der Waals surface area contributed by atoms with E-state index in [2.05, 4.69) is 9.71 Å². The molecule has 5 rings (SSSR count). The number of cyclic esters (lactones) is 1. The first-order chi connectivity index (χ1) is 14.9. The Morgan fingerprint density at radius 2 is 1.97 bits per heavy atom. The number of nitrogens with one attached hydrogen (secondary N) is 1. The van der Waals surface area contributed by atoms with E-state index in [1.165, 1.54) is 11.0 Å². The van der Waals surface area contributed by atoms with Crippen molar-refractivity contribution >= 4 is 39.2 Å². The third kappa shape index (κ3) is 3.42. The van der Waals surface area contributed by atoms with Crippen LogP contribution in [0.15, 0.2) is 57.8 Å². The highest BCUT2D eigenvalue weighted by Gasteiger charge is 2.39. The van der Waals surface area contributed by atoms with Gasteiger partial charge in [-0.1, -0.05) is 18.2 Å². The molecular weight excluding hydrogens is 420 g/mol. The van der Waals surface area contributed by atoms with Crippen LogP contribution in [-0.4, -0.2) is 56.9 Å². The number of sulfonamides is 1. The lowest BCUT2D eigenvalue weighted by Gasteiger charge is -2.25. The van der Waals surface area contributed by atoms with Gasteiger partial charge in [0.05, 0.1) is 6.54 Å². The van der Waals surface area contributed by atoms with Crippen LogP contribution in [0.25, 0.3) is 0 Å². The summed E-state index contributed by atoms with van der Waals surface area (Å²) in [6, 6.07) is 13.1. The van der Waals surface area contributed by atoms with Crippen molar-refractivity contribution < 1.29 is 22.7 Å². The van der Waals surface area contributed by atoms with Gasteiger partial charge in [0.1, 0.15) is 17.5 Å². The zero-order chi connectivity index (χ0) is 21.6. The average molecular weight is 440 g/mol. The van der Waals surface area contributed by atoms with Crippen molar-refractivity contribution in [1.82, 2.24) is 4.90 Å². The minimum Gasteiger partial charge on any atom is -0.447 e. The number of carbonyl (C=O) groups excluding carboxylic acids is 2. The summed E-state index contributed by atoms with van der Waals surface area (Å²) in [4.78, 5) is 28.3. The van der Waals surface area contributed by atoms with Gasteiger partial charge in [-0.15, -0.1) is 4.40 Å². The van der Waals surface area contributed by atoms with Crippen LogP contribution in [0.5, 0.6) is 0 Å². The Balaban J connectivity index is 1.38. The van der Waals surface area contributed by atoms with Crippen LogP contribution in [0.3, 0.4) is 0 Å². The molecule has 2 aromatic rings. The zero-order valence-electron chi connectivity index (χ0n) is 16.5. The van der Waals surface area contributed by atoms with Crippen molar-refractivity contribution in [3.63, 3.8) is 0 Å². The molecule has 0 unspecified atom stereocenters. The van der Waals surface area contributed by atoms with E-state index in [-0.39, 0.29) is 10.8 Å². The predicted octanol–water partition coefficient (Wildman–Crippen LogP) is 2.20. The molecule has 0 aliphatic carbocycles. The Morgan fingerprint density at radius 3 is 2.77 bits per heavy atom. The van der Waals surface area contributed by atoms with Gasteiger partial charge in [-0.25, -0.2) is 4.79 Å². The first-order valence-corrected chi connectivity index (χ1v) is 11.4. The highest BCUT2D eigenvalue weighted by atomic mass is 32.2. The first-order valence-electron chi connectivity index (χ1n) is 10.0. The van der Waals surface area contributed by atoms with Crippen molar-refractivity contribution in [2.24, 2.45) is 4.40 Å². The van der Waals surface area contributed by atoms with E-state index in [9.17, 15) is 18.0 Å². The minimum absolute atomic E-state index is 0.168. The molecule has 9 nitrogen and oxygen atoms in total. The lowest BCUT2D eigenvalue weighted by atomic mass is 10.1. The number of amidine groups is 1. The second kappa shape index (κ2) is 7.38. The number of rotatable bonds is 3. The van der Waals surface area contributed by atoms with Gasteiger partial charge in [-0.3, -0.25) is 9.69 Å². The number of anilines is 2. The molecule has 0 radical (unpaired) electrons. The Kier molecular flexibility index (Phi) is 4.66. The molecule has 0 spiro atoms. The number of amides is 2. The molecule has 1 N–H and O–H groups in total. The lowest BCUT2D eigenvalue weighted by Crippen LogP contribution is -2.43. The summed E-state index contributed by atoms with van der Waals surface area (Å²) < 4.78 is 33.8. The second-order valence-corrected chi connectivity index (χ2v) is 9.12. The van der Waals surface area contributed by atoms with E-state index in [1.807, 2.05) is 0 Å². The van der Waals surface area contributed by atoms with Crippen molar-refractivity contribution in [3.05, 3.63) is 54.1 Å². The van der Waals surface area contributed by atoms with Gasteiger partial charge in [0.15, 0.2) is 5.84 Å². The van der Waals surface area contributed by atoms with E-state index in [0.717, 1.165) is 6.42 Å². The Bertz CT molecular complexity index is 1210. The number of benzene rings is 2. The van der Waals surface area contributed by atoms with Crippen LogP contribution in [0.1, 0.15) is 18.4 Å². The molecule has 0 bridgehead atoms. The number of nitrogens with zero attached hydrogens (tertiary/aromatic N) is 3. The molecule has 160 valence electrons. The van der Waals surface area contributed by atoms with Gasteiger partial charge in [0.2, 0.25) is 5.91 Å². The van der Waals surface area contributed by atoms with Crippen molar-refractivity contribution in [2.75, 3.05) is 29.9 Å². The molecule has 1 atom stereocenters. The van der Waals surface area contributed by atoms with Crippen LogP contribution in [0, 0.1) is 0 Å². The maximum absolute atomic E-state index is 13.1. The highest BCUT2D eigenvalue weighted by molar-refractivity contribution is 7.90. The normalized spacial score (nSPS) is 21.6. The van der Waals surface area contributed by atoms with Crippen molar-refractivity contribution in [2.45, 2.75) is 23.8 Å². The lowest BCUT2D eigenvalue weighted by molar-refractivity contribution is -0.119. The number of likely N-dealkylation sites (tertiary alicyclic amines) is 1. The Labute approximate surface area is 179 Å². The van der Waals surface area contributed by atoms with Crippen LogP contribution in [0.2, 0.25) is 0 Å². The quantitative estimate of drug-likeness (QED) is 0.784. The fraction of sp³-hybridized carbons (Fsp3) is 0.286. The SMILES string of the molecule is O=C(Nc1cccc(N2CCOC2=O)c1)[C@@H]1CCCN1C1=NS(=O)(=O)c2ccccc21. The standard InChI is InChI=1S/C21H20N4O5S/c26-20(22-14-5-3-6-15(13-14)24-11-12-30-21(24)27)17-8-4-10-25(17)19-16-7-1-2-9-18(16)31(28,29)23-19/h1-3,5-7,9,13,17H,4,8,10-12H2,(H,22,26)/t17-/m0/s1. The molecule has 10 heteroatoms. The average Bonchev–Trinajstić information content (AvgIpc) is 3.46. The minimum atomic E-state index is -3.76.